The van der Waals surface area contributed by atoms with E-state index in [1.807, 2.05) is 0 Å². The van der Waals surface area contributed by atoms with Gasteiger partial charge in [0.25, 0.3) is 0 Å². The van der Waals surface area contributed by atoms with Gasteiger partial charge < -0.3 is 16.2 Å². The van der Waals surface area contributed by atoms with E-state index in [0.29, 0.717) is 30.7 Å². The van der Waals surface area contributed by atoms with E-state index in [1.165, 1.54) is 6.42 Å². The molecule has 124 valence electrons. The molecule has 0 radical (unpaired) electrons. The summed E-state index contributed by atoms with van der Waals surface area (Å²) in [5.41, 5.74) is 5.88. The van der Waals surface area contributed by atoms with Crippen LogP contribution in [0.15, 0.2) is 0 Å². The molecule has 1 aliphatic rings. The molecule has 4 heteroatoms. The summed E-state index contributed by atoms with van der Waals surface area (Å²) in [6.45, 7) is 8.31. The summed E-state index contributed by atoms with van der Waals surface area (Å²) in [5, 5.41) is 12.4. The van der Waals surface area contributed by atoms with Crippen molar-refractivity contribution in [2.24, 2.45) is 28.9 Å². The molecule has 4 nitrogen and oxygen atoms in total. The van der Waals surface area contributed by atoms with Crippen LogP contribution in [0.3, 0.4) is 0 Å². The number of aliphatic hydroxyl groups is 1. The van der Waals surface area contributed by atoms with Gasteiger partial charge in [0.15, 0.2) is 0 Å². The number of nitrogens with two attached hydrogens (primary N) is 1. The highest BCUT2D eigenvalue weighted by atomic mass is 16.3. The van der Waals surface area contributed by atoms with E-state index < -0.39 is 0 Å². The fourth-order valence-electron chi connectivity index (χ4n) is 3.47. The number of aliphatic hydroxyl groups excluding tert-OH is 1. The van der Waals surface area contributed by atoms with Gasteiger partial charge in [-0.25, -0.2) is 0 Å². The van der Waals surface area contributed by atoms with Crippen molar-refractivity contribution in [3.8, 4) is 0 Å². The molecule has 0 heterocycles. The normalized spacial score (nSPS) is 24.0. The first-order chi connectivity index (χ1) is 9.88. The lowest BCUT2D eigenvalue weighted by molar-refractivity contribution is -0.121. The van der Waals surface area contributed by atoms with Gasteiger partial charge in [-0.3, -0.25) is 4.79 Å². The van der Waals surface area contributed by atoms with Crippen LogP contribution in [0, 0.1) is 23.2 Å². The number of hydrogen-bond acceptors (Lipinski definition) is 3. The Labute approximate surface area is 129 Å². The van der Waals surface area contributed by atoms with E-state index in [-0.39, 0.29) is 17.9 Å². The molecule has 0 saturated heterocycles. The van der Waals surface area contributed by atoms with E-state index in [0.717, 1.165) is 32.2 Å². The Bertz CT molecular complexity index is 312. The maximum Gasteiger partial charge on any atom is 0.220 e. The van der Waals surface area contributed by atoms with Gasteiger partial charge in [0.1, 0.15) is 0 Å². The van der Waals surface area contributed by atoms with Crippen LogP contribution in [0.1, 0.15) is 59.3 Å². The van der Waals surface area contributed by atoms with E-state index >= 15 is 0 Å². The minimum atomic E-state index is 0.143. The zero-order valence-corrected chi connectivity index (χ0v) is 14.0. The van der Waals surface area contributed by atoms with Crippen molar-refractivity contribution in [3.63, 3.8) is 0 Å². The maximum absolute atomic E-state index is 12.0. The monoisotopic (exact) mass is 298 g/mol. The molecule has 1 rings (SSSR count). The second kappa shape index (κ2) is 8.74. The van der Waals surface area contributed by atoms with Crippen LogP contribution < -0.4 is 11.1 Å². The van der Waals surface area contributed by atoms with Crippen LogP contribution in [-0.2, 0) is 4.79 Å². The van der Waals surface area contributed by atoms with Gasteiger partial charge in [-0.1, -0.05) is 27.2 Å². The Hall–Kier alpha value is -0.610. The molecule has 1 amide bonds. The zero-order valence-electron chi connectivity index (χ0n) is 14.0. The summed E-state index contributed by atoms with van der Waals surface area (Å²) in [7, 11) is 0. The lowest BCUT2D eigenvalue weighted by Crippen LogP contribution is -2.32. The number of carbonyl (C=O) groups is 1. The summed E-state index contributed by atoms with van der Waals surface area (Å²) >= 11 is 0. The minimum absolute atomic E-state index is 0.143. The lowest BCUT2D eigenvalue weighted by atomic mass is 9.76. The molecule has 0 aromatic carbocycles. The number of rotatable bonds is 8. The van der Waals surface area contributed by atoms with Crippen LogP contribution in [0.5, 0.6) is 0 Å². The largest absolute Gasteiger partial charge is 0.396 e. The van der Waals surface area contributed by atoms with Gasteiger partial charge in [0.2, 0.25) is 5.91 Å². The standard InChI is InChI=1S/C17H34N2O2/c1-17(2,3)15(9-10-18)7-8-16(21)19-11-13-5-4-6-14(13)12-20/h13-15,20H,4-12,18H2,1-3H3,(H,19,21). The van der Waals surface area contributed by atoms with Crippen molar-refractivity contribution >= 4 is 5.91 Å². The fraction of sp³-hybridized carbons (Fsp3) is 0.941. The topological polar surface area (TPSA) is 75.4 Å². The molecule has 0 spiro atoms. The van der Waals surface area contributed by atoms with E-state index in [9.17, 15) is 9.90 Å². The summed E-state index contributed by atoms with van der Waals surface area (Å²) in [6, 6.07) is 0. The Balaban J connectivity index is 2.29. The fourth-order valence-corrected chi connectivity index (χ4v) is 3.47. The summed E-state index contributed by atoms with van der Waals surface area (Å²) in [6.07, 6.45) is 5.86. The Morgan fingerprint density at radius 1 is 1.29 bits per heavy atom. The molecule has 0 bridgehead atoms. The molecule has 4 N–H and O–H groups in total. The predicted octanol–water partition coefficient (Wildman–Crippen LogP) is 2.30. The predicted molar refractivity (Wildman–Crippen MR) is 86.8 cm³/mol. The number of amides is 1. The third-order valence-corrected chi connectivity index (χ3v) is 5.07. The first-order valence-corrected chi connectivity index (χ1v) is 8.46. The molecule has 3 atom stereocenters. The number of nitrogens with one attached hydrogen (secondary N) is 1. The van der Waals surface area contributed by atoms with Crippen molar-refractivity contribution < 1.29 is 9.90 Å². The van der Waals surface area contributed by atoms with Crippen LogP contribution >= 0.6 is 0 Å². The molecule has 0 aromatic heterocycles. The maximum atomic E-state index is 12.0. The first-order valence-electron chi connectivity index (χ1n) is 8.46. The highest BCUT2D eigenvalue weighted by Gasteiger charge is 2.27. The summed E-state index contributed by atoms with van der Waals surface area (Å²) < 4.78 is 0. The smallest absolute Gasteiger partial charge is 0.220 e. The van der Waals surface area contributed by atoms with Gasteiger partial charge in [0, 0.05) is 19.6 Å². The van der Waals surface area contributed by atoms with Crippen LogP contribution in [-0.4, -0.2) is 30.7 Å². The van der Waals surface area contributed by atoms with Crippen LogP contribution in [0.25, 0.3) is 0 Å². The zero-order chi connectivity index (χ0) is 15.9. The second-order valence-corrected chi connectivity index (χ2v) is 7.62. The van der Waals surface area contributed by atoms with Crippen molar-refractivity contribution in [1.82, 2.24) is 5.32 Å². The third kappa shape index (κ3) is 6.35. The van der Waals surface area contributed by atoms with Crippen molar-refractivity contribution in [3.05, 3.63) is 0 Å². The summed E-state index contributed by atoms with van der Waals surface area (Å²) in [5.74, 6) is 1.47. The highest BCUT2D eigenvalue weighted by molar-refractivity contribution is 5.75. The molecule has 0 aromatic rings. The van der Waals surface area contributed by atoms with E-state index in [4.69, 9.17) is 5.73 Å². The number of carbonyl (C=O) groups excluding carboxylic acids is 1. The molecule has 1 aliphatic carbocycles. The Kier molecular flexibility index (Phi) is 7.67. The van der Waals surface area contributed by atoms with Crippen LogP contribution in [0.4, 0.5) is 0 Å². The van der Waals surface area contributed by atoms with Gasteiger partial charge in [-0.05, 0) is 55.4 Å². The first kappa shape index (κ1) is 18.4. The van der Waals surface area contributed by atoms with Crippen molar-refractivity contribution in [2.45, 2.75) is 59.3 Å². The minimum Gasteiger partial charge on any atom is -0.396 e. The molecule has 1 saturated carbocycles. The number of hydrogen-bond donors (Lipinski definition) is 3. The average molecular weight is 298 g/mol. The average Bonchev–Trinajstić information content (AvgIpc) is 2.87. The van der Waals surface area contributed by atoms with E-state index in [1.54, 1.807) is 0 Å². The molecular weight excluding hydrogens is 264 g/mol. The molecule has 21 heavy (non-hydrogen) atoms. The highest BCUT2D eigenvalue weighted by Crippen LogP contribution is 2.32. The van der Waals surface area contributed by atoms with Gasteiger partial charge in [0.05, 0.1) is 0 Å². The van der Waals surface area contributed by atoms with Gasteiger partial charge in [-0.15, -0.1) is 0 Å². The summed E-state index contributed by atoms with van der Waals surface area (Å²) in [4.78, 5) is 12.0. The van der Waals surface area contributed by atoms with E-state index in [2.05, 4.69) is 26.1 Å². The molecule has 0 aliphatic heterocycles. The van der Waals surface area contributed by atoms with Gasteiger partial charge in [-0.2, -0.15) is 0 Å². The Morgan fingerprint density at radius 2 is 1.95 bits per heavy atom. The van der Waals surface area contributed by atoms with Crippen molar-refractivity contribution in [1.29, 1.82) is 0 Å². The van der Waals surface area contributed by atoms with Crippen LogP contribution in [0.2, 0.25) is 0 Å². The quantitative estimate of drug-likeness (QED) is 0.643. The molecular formula is C17H34N2O2. The SMILES string of the molecule is CC(C)(C)C(CCN)CCC(=O)NCC1CCCC1CO. The third-order valence-electron chi connectivity index (χ3n) is 5.07. The Morgan fingerprint density at radius 3 is 2.52 bits per heavy atom. The van der Waals surface area contributed by atoms with Crippen molar-refractivity contribution in [2.75, 3.05) is 19.7 Å². The molecule has 1 fully saturated rings. The lowest BCUT2D eigenvalue weighted by Gasteiger charge is -2.30. The second-order valence-electron chi connectivity index (χ2n) is 7.62. The molecule has 3 unspecified atom stereocenters. The van der Waals surface area contributed by atoms with Gasteiger partial charge >= 0.3 is 0 Å².